The smallest absolute Gasteiger partial charge is 0.262 e. The van der Waals surface area contributed by atoms with Gasteiger partial charge < -0.3 is 14.7 Å². The van der Waals surface area contributed by atoms with Crippen molar-refractivity contribution in [2.45, 2.75) is 75.9 Å². The van der Waals surface area contributed by atoms with Crippen molar-refractivity contribution in [3.8, 4) is 5.75 Å². The lowest BCUT2D eigenvalue weighted by Gasteiger charge is -2.46. The number of fused-ring (bicyclic) bond motifs is 4. The Morgan fingerprint density at radius 2 is 1.98 bits per heavy atom. The third-order valence-corrected chi connectivity index (χ3v) is 13.4. The van der Waals surface area contributed by atoms with Gasteiger partial charge in [-0.15, -0.1) is 0 Å². The SMILES string of the molecule is C=S1(=O)NC(=O)c2ccc3c(c2)N(C[C@@H]2CC[C@H]2[C@@H](CO)CCC[C@H](C)[C@H]1C)C[C@@]1(CCCc2cc(Cl)ccc21)CO3. The third kappa shape index (κ3) is 5.57. The quantitative estimate of drug-likeness (QED) is 0.385. The number of anilines is 1. The summed E-state index contributed by atoms with van der Waals surface area (Å²) in [6.07, 6.45) is 8.21. The zero-order valence-electron chi connectivity index (χ0n) is 24.9. The van der Waals surface area contributed by atoms with Crippen LogP contribution in [0.2, 0.25) is 5.02 Å². The van der Waals surface area contributed by atoms with Crippen LogP contribution in [0.1, 0.15) is 80.3 Å². The van der Waals surface area contributed by atoms with Crippen LogP contribution in [0.25, 0.3) is 0 Å². The summed E-state index contributed by atoms with van der Waals surface area (Å²) in [6.45, 7) is 6.42. The molecule has 6 rings (SSSR count). The fourth-order valence-corrected chi connectivity index (χ4v) is 9.74. The van der Waals surface area contributed by atoms with Crippen LogP contribution in [0.4, 0.5) is 5.69 Å². The monoisotopic (exact) mass is 612 g/mol. The summed E-state index contributed by atoms with van der Waals surface area (Å²) in [6, 6.07) is 11.9. The average Bonchev–Trinajstić information content (AvgIpc) is 3.10. The largest absolute Gasteiger partial charge is 0.490 e. The number of nitrogens with one attached hydrogen (secondary N) is 1. The van der Waals surface area contributed by atoms with E-state index in [0.29, 0.717) is 24.0 Å². The lowest BCUT2D eigenvalue weighted by atomic mass is 9.65. The highest BCUT2D eigenvalue weighted by molar-refractivity contribution is 7.99. The number of carbonyl (C=O) groups excluding carboxylic acids is 1. The van der Waals surface area contributed by atoms with Crippen LogP contribution in [0.15, 0.2) is 36.4 Å². The Kier molecular flexibility index (Phi) is 8.31. The molecule has 0 radical (unpaired) electrons. The van der Waals surface area contributed by atoms with Crippen LogP contribution < -0.4 is 14.4 Å². The molecule has 2 bridgehead atoms. The Morgan fingerprint density at radius 3 is 2.74 bits per heavy atom. The first-order valence-corrected chi connectivity index (χ1v) is 17.9. The highest BCUT2D eigenvalue weighted by Gasteiger charge is 2.44. The van der Waals surface area contributed by atoms with E-state index in [0.717, 1.165) is 80.9 Å². The number of hydrogen-bond acceptors (Lipinski definition) is 5. The number of ether oxygens (including phenoxy) is 1. The molecule has 1 saturated carbocycles. The van der Waals surface area contributed by atoms with Crippen LogP contribution in [0, 0.1) is 23.7 Å². The fraction of sp³-hybridized carbons (Fsp3) is 0.588. The maximum atomic E-state index is 13.7. The summed E-state index contributed by atoms with van der Waals surface area (Å²) >= 11 is 6.42. The fourth-order valence-electron chi connectivity index (χ4n) is 8.04. The van der Waals surface area contributed by atoms with Crippen molar-refractivity contribution in [1.82, 2.24) is 4.72 Å². The maximum absolute atomic E-state index is 13.7. The van der Waals surface area contributed by atoms with E-state index in [1.54, 1.807) is 6.07 Å². The minimum atomic E-state index is -2.87. The van der Waals surface area contributed by atoms with E-state index < -0.39 is 9.71 Å². The standard InChI is InChI=1S/C34H45ClN2O4S/c1-22-6-4-7-27(19-38)29-12-9-26(29)18-37-20-34(15-5-8-24-16-28(35)11-13-30(24)34)21-41-32-14-10-25(17-31(32)37)33(39)36-42(3,40)23(22)2/h10-11,13-14,16-17,22-23,26-27,29,38H,3-9,12,15,18-21H2,1-2H3,(H,36,39,40)/t22-,23+,26-,27+,29+,34-,42?/m0/s1. The zero-order chi connectivity index (χ0) is 29.6. The molecule has 0 aromatic heterocycles. The van der Waals surface area contributed by atoms with Crippen molar-refractivity contribution in [1.29, 1.82) is 0 Å². The summed E-state index contributed by atoms with van der Waals surface area (Å²) in [7, 11) is -2.87. The molecule has 1 unspecified atom stereocenters. The lowest BCUT2D eigenvalue weighted by molar-refractivity contribution is 0.0569. The normalized spacial score (nSPS) is 35.2. The molecular weight excluding hydrogens is 568 g/mol. The summed E-state index contributed by atoms with van der Waals surface area (Å²) < 4.78 is 23.1. The van der Waals surface area contributed by atoms with E-state index in [1.807, 2.05) is 25.1 Å². The minimum Gasteiger partial charge on any atom is -0.490 e. The molecule has 1 fully saturated rings. The second kappa shape index (κ2) is 11.7. The van der Waals surface area contributed by atoms with Crippen LogP contribution in [0.3, 0.4) is 0 Å². The molecule has 6 nitrogen and oxygen atoms in total. The van der Waals surface area contributed by atoms with Gasteiger partial charge >= 0.3 is 0 Å². The molecule has 4 aliphatic rings. The average molecular weight is 613 g/mol. The van der Waals surface area contributed by atoms with Gasteiger partial charge in [0.2, 0.25) is 0 Å². The van der Waals surface area contributed by atoms with Gasteiger partial charge in [-0.25, -0.2) is 4.21 Å². The number of aliphatic hydroxyl groups excluding tert-OH is 1. The van der Waals surface area contributed by atoms with E-state index in [9.17, 15) is 14.1 Å². The first-order valence-electron chi connectivity index (χ1n) is 15.7. The van der Waals surface area contributed by atoms with Crippen LogP contribution >= 0.6 is 11.6 Å². The van der Waals surface area contributed by atoms with E-state index in [2.05, 4.69) is 34.5 Å². The first-order chi connectivity index (χ1) is 20.1. The Balaban J connectivity index is 1.42. The Morgan fingerprint density at radius 1 is 1.14 bits per heavy atom. The predicted molar refractivity (Wildman–Crippen MR) is 172 cm³/mol. The van der Waals surface area contributed by atoms with Crippen molar-refractivity contribution in [3.63, 3.8) is 0 Å². The number of halogens is 1. The number of hydrogen-bond donors (Lipinski definition) is 2. The summed E-state index contributed by atoms with van der Waals surface area (Å²) in [5.74, 6) is 5.75. The Hall–Kier alpha value is -2.22. The molecule has 2 aliphatic heterocycles. The molecule has 8 heteroatoms. The molecule has 2 N–H and O–H groups in total. The predicted octanol–water partition coefficient (Wildman–Crippen LogP) is 6.02. The molecule has 2 aromatic rings. The number of rotatable bonds is 1. The molecule has 42 heavy (non-hydrogen) atoms. The second-order valence-corrected chi connectivity index (χ2v) is 16.3. The van der Waals surface area contributed by atoms with Crippen LogP contribution in [-0.2, 0) is 21.5 Å². The van der Waals surface area contributed by atoms with Crippen LogP contribution in [0.5, 0.6) is 5.75 Å². The number of carbonyl (C=O) groups is 1. The topological polar surface area (TPSA) is 78.9 Å². The Bertz CT molecular complexity index is 1450. The number of benzene rings is 2. The van der Waals surface area contributed by atoms with Gasteiger partial charge in [0.25, 0.3) is 5.91 Å². The van der Waals surface area contributed by atoms with Gasteiger partial charge in [-0.05, 0) is 123 Å². The Labute approximate surface area is 256 Å². The van der Waals surface area contributed by atoms with Crippen molar-refractivity contribution >= 4 is 38.8 Å². The first kappa shape index (κ1) is 29.8. The van der Waals surface area contributed by atoms with Gasteiger partial charge in [-0.1, -0.05) is 31.0 Å². The van der Waals surface area contributed by atoms with Gasteiger partial charge in [-0.3, -0.25) is 9.52 Å². The summed E-state index contributed by atoms with van der Waals surface area (Å²) in [5.41, 5.74) is 3.80. The van der Waals surface area contributed by atoms with E-state index >= 15 is 0 Å². The molecule has 2 aliphatic carbocycles. The molecule has 0 saturated heterocycles. The number of aliphatic hydroxyl groups is 1. The van der Waals surface area contributed by atoms with Gasteiger partial charge in [0.05, 0.1) is 22.0 Å². The van der Waals surface area contributed by atoms with Gasteiger partial charge in [0.1, 0.15) is 5.75 Å². The minimum absolute atomic E-state index is 0.139. The molecule has 228 valence electrons. The highest BCUT2D eigenvalue weighted by Crippen LogP contribution is 2.48. The molecule has 7 atom stereocenters. The zero-order valence-corrected chi connectivity index (χ0v) is 26.5. The molecular formula is C34H45ClN2O4S. The van der Waals surface area contributed by atoms with Crippen molar-refractivity contribution < 1.29 is 18.8 Å². The van der Waals surface area contributed by atoms with E-state index in [4.69, 9.17) is 16.3 Å². The van der Waals surface area contributed by atoms with Crippen molar-refractivity contribution in [2.24, 2.45) is 23.7 Å². The van der Waals surface area contributed by atoms with Gasteiger partial charge in [0.15, 0.2) is 0 Å². The second-order valence-electron chi connectivity index (χ2n) is 13.5. The number of amides is 1. The summed E-state index contributed by atoms with van der Waals surface area (Å²) in [5, 5.41) is 10.9. The van der Waals surface area contributed by atoms with Crippen molar-refractivity contribution in [3.05, 3.63) is 58.1 Å². The molecule has 1 amide bonds. The van der Waals surface area contributed by atoms with Gasteiger partial charge in [-0.2, -0.15) is 0 Å². The van der Waals surface area contributed by atoms with E-state index in [1.165, 1.54) is 11.1 Å². The third-order valence-electron chi connectivity index (χ3n) is 11.0. The molecule has 2 heterocycles. The summed E-state index contributed by atoms with van der Waals surface area (Å²) in [4.78, 5) is 16.0. The number of nitrogens with zero attached hydrogens (tertiary/aromatic N) is 1. The molecule has 2 aromatic carbocycles. The van der Waals surface area contributed by atoms with E-state index in [-0.39, 0.29) is 35.0 Å². The maximum Gasteiger partial charge on any atom is 0.262 e. The molecule has 1 spiro atoms. The highest BCUT2D eigenvalue weighted by atomic mass is 35.5. The van der Waals surface area contributed by atoms with Crippen LogP contribution in [-0.4, -0.2) is 52.6 Å². The number of aryl methyl sites for hydroxylation is 1. The van der Waals surface area contributed by atoms with Gasteiger partial charge in [0, 0.05) is 40.9 Å². The van der Waals surface area contributed by atoms with Crippen molar-refractivity contribution in [2.75, 3.05) is 31.2 Å². The lowest BCUT2D eigenvalue weighted by Crippen LogP contribution is -2.49.